The first-order valence-electron chi connectivity index (χ1n) is 7.48. The highest BCUT2D eigenvalue weighted by Gasteiger charge is 2.24. The van der Waals surface area contributed by atoms with Crippen LogP contribution < -0.4 is 4.74 Å². The molecular weight excluding hydrogens is 340 g/mol. The Morgan fingerprint density at radius 1 is 1.23 bits per heavy atom. The normalized spacial score (nSPS) is 14.7. The number of carbonyl (C=O) groups excluding carboxylic acids is 2. The minimum atomic E-state index is -0.642. The molecule has 0 aromatic heterocycles. The van der Waals surface area contributed by atoms with Crippen molar-refractivity contribution >= 4 is 29.6 Å². The Kier molecular flexibility index (Phi) is 4.57. The maximum atomic E-state index is 12.0. The number of aliphatic imine (C=N–C) groups is 1. The average Bonchev–Trinajstić information content (AvgIpc) is 2.95. The zero-order chi connectivity index (χ0) is 18.7. The summed E-state index contributed by atoms with van der Waals surface area (Å²) in [5, 5.41) is 10.7. The summed E-state index contributed by atoms with van der Waals surface area (Å²) < 4.78 is 10.1. The third kappa shape index (κ3) is 3.81. The number of ether oxygens (including phenoxy) is 2. The highest BCUT2D eigenvalue weighted by atomic mass is 16.6. The third-order valence-electron chi connectivity index (χ3n) is 3.37. The van der Waals surface area contributed by atoms with Gasteiger partial charge in [0.1, 0.15) is 5.75 Å². The van der Waals surface area contributed by atoms with Gasteiger partial charge in [0, 0.05) is 24.6 Å². The molecule has 0 fully saturated rings. The van der Waals surface area contributed by atoms with E-state index in [2.05, 4.69) is 4.99 Å². The maximum Gasteiger partial charge on any atom is 0.363 e. The minimum Gasteiger partial charge on any atom is -0.427 e. The van der Waals surface area contributed by atoms with E-state index >= 15 is 0 Å². The van der Waals surface area contributed by atoms with Gasteiger partial charge >= 0.3 is 11.9 Å². The Balaban J connectivity index is 1.86. The molecule has 2 aromatic rings. The first-order valence-corrected chi connectivity index (χ1v) is 7.48. The van der Waals surface area contributed by atoms with E-state index in [4.69, 9.17) is 9.47 Å². The molecule has 1 aliphatic rings. The molecule has 0 saturated carbocycles. The molecule has 8 nitrogen and oxygen atoms in total. The fourth-order valence-electron chi connectivity index (χ4n) is 2.25. The summed E-state index contributed by atoms with van der Waals surface area (Å²) in [7, 11) is 0. The van der Waals surface area contributed by atoms with Gasteiger partial charge in [-0.1, -0.05) is 12.1 Å². The Labute approximate surface area is 147 Å². The molecular formula is C18H12N2O6. The second kappa shape index (κ2) is 6.98. The molecule has 0 aliphatic carbocycles. The van der Waals surface area contributed by atoms with Crippen molar-refractivity contribution in [3.8, 4) is 5.75 Å². The van der Waals surface area contributed by atoms with Gasteiger partial charge in [0.15, 0.2) is 5.70 Å². The molecule has 26 heavy (non-hydrogen) atoms. The van der Waals surface area contributed by atoms with Crippen LogP contribution in [0.25, 0.3) is 6.08 Å². The summed E-state index contributed by atoms with van der Waals surface area (Å²) in [5.41, 5.74) is 1.04. The number of hydrogen-bond donors (Lipinski definition) is 0. The molecule has 3 rings (SSSR count). The van der Waals surface area contributed by atoms with Crippen molar-refractivity contribution in [2.45, 2.75) is 6.92 Å². The molecule has 0 saturated heterocycles. The van der Waals surface area contributed by atoms with Gasteiger partial charge in [-0.15, -0.1) is 0 Å². The van der Waals surface area contributed by atoms with E-state index in [1.165, 1.54) is 37.3 Å². The molecule has 8 heteroatoms. The molecule has 0 spiro atoms. The zero-order valence-corrected chi connectivity index (χ0v) is 13.5. The van der Waals surface area contributed by atoms with E-state index in [0.717, 1.165) is 0 Å². The zero-order valence-electron chi connectivity index (χ0n) is 13.5. The number of rotatable bonds is 4. The largest absolute Gasteiger partial charge is 0.427 e. The summed E-state index contributed by atoms with van der Waals surface area (Å²) in [6.07, 6.45) is 1.49. The van der Waals surface area contributed by atoms with Gasteiger partial charge in [-0.2, -0.15) is 0 Å². The quantitative estimate of drug-likeness (QED) is 0.275. The second-order valence-corrected chi connectivity index (χ2v) is 5.31. The highest BCUT2D eigenvalue weighted by molar-refractivity contribution is 6.12. The van der Waals surface area contributed by atoms with Gasteiger partial charge in [-0.25, -0.2) is 9.79 Å². The van der Waals surface area contributed by atoms with Crippen molar-refractivity contribution in [3.63, 3.8) is 0 Å². The van der Waals surface area contributed by atoms with Crippen LogP contribution >= 0.6 is 0 Å². The number of esters is 2. The van der Waals surface area contributed by atoms with Crippen molar-refractivity contribution in [1.29, 1.82) is 0 Å². The molecule has 0 radical (unpaired) electrons. The van der Waals surface area contributed by atoms with Crippen LogP contribution in [0.1, 0.15) is 18.1 Å². The van der Waals surface area contributed by atoms with Crippen LogP contribution in [-0.2, 0) is 14.3 Å². The number of nitrogens with zero attached hydrogens (tertiary/aromatic N) is 2. The number of nitro benzene ring substituents is 1. The lowest BCUT2D eigenvalue weighted by atomic mass is 10.2. The van der Waals surface area contributed by atoms with Gasteiger partial charge in [0.05, 0.1) is 4.92 Å². The fourth-order valence-corrected chi connectivity index (χ4v) is 2.25. The molecule has 0 unspecified atom stereocenters. The van der Waals surface area contributed by atoms with Crippen LogP contribution in [0.2, 0.25) is 0 Å². The molecule has 0 amide bonds. The molecule has 0 bridgehead atoms. The van der Waals surface area contributed by atoms with Crippen molar-refractivity contribution in [2.75, 3.05) is 0 Å². The summed E-state index contributed by atoms with van der Waals surface area (Å²) in [6.45, 7) is 1.29. The lowest BCUT2D eigenvalue weighted by molar-refractivity contribution is -0.384. The summed E-state index contributed by atoms with van der Waals surface area (Å²) in [5.74, 6) is -0.685. The molecule has 1 aliphatic heterocycles. The van der Waals surface area contributed by atoms with E-state index in [0.29, 0.717) is 16.9 Å². The second-order valence-electron chi connectivity index (χ2n) is 5.31. The number of carbonyl (C=O) groups is 2. The Morgan fingerprint density at radius 3 is 2.62 bits per heavy atom. The third-order valence-corrected chi connectivity index (χ3v) is 3.37. The number of hydrogen-bond acceptors (Lipinski definition) is 7. The molecule has 130 valence electrons. The SMILES string of the molecule is CC(=O)Oc1cccc(C=C2N=C(c3ccc([N+](=O)[O-])cc3)OC2=O)c1. The van der Waals surface area contributed by atoms with Crippen LogP contribution in [0.15, 0.2) is 59.2 Å². The molecule has 0 N–H and O–H groups in total. The molecule has 2 aromatic carbocycles. The van der Waals surface area contributed by atoms with E-state index in [1.807, 2.05) is 0 Å². The Bertz CT molecular complexity index is 960. The molecule has 0 atom stereocenters. The van der Waals surface area contributed by atoms with Crippen molar-refractivity contribution in [1.82, 2.24) is 0 Å². The fraction of sp³-hybridized carbons (Fsp3) is 0.0556. The first kappa shape index (κ1) is 17.0. The van der Waals surface area contributed by atoms with Gasteiger partial charge in [-0.3, -0.25) is 14.9 Å². The predicted molar refractivity (Wildman–Crippen MR) is 91.5 cm³/mol. The molecule has 1 heterocycles. The number of cyclic esters (lactones) is 1. The highest BCUT2D eigenvalue weighted by Crippen LogP contribution is 2.22. The van der Waals surface area contributed by atoms with E-state index in [1.54, 1.807) is 24.3 Å². The number of benzene rings is 2. The van der Waals surface area contributed by atoms with E-state index in [-0.39, 0.29) is 17.3 Å². The van der Waals surface area contributed by atoms with Crippen molar-refractivity contribution < 1.29 is 24.0 Å². The topological polar surface area (TPSA) is 108 Å². The standard InChI is InChI=1S/C18H12N2O6/c1-11(21)25-15-4-2-3-12(9-15)10-16-18(22)26-17(19-16)13-5-7-14(8-6-13)20(23)24/h2-10H,1H3. The van der Waals surface area contributed by atoms with Crippen LogP contribution in [0.5, 0.6) is 5.75 Å². The summed E-state index contributed by atoms with van der Waals surface area (Å²) in [4.78, 5) is 37.3. The van der Waals surface area contributed by atoms with Crippen molar-refractivity contribution in [2.24, 2.45) is 4.99 Å². The number of non-ortho nitro benzene ring substituents is 1. The van der Waals surface area contributed by atoms with Gasteiger partial charge in [0.2, 0.25) is 5.90 Å². The Hall–Kier alpha value is -3.81. The smallest absolute Gasteiger partial charge is 0.363 e. The first-order chi connectivity index (χ1) is 12.4. The lowest BCUT2D eigenvalue weighted by Gasteiger charge is -2.01. The van der Waals surface area contributed by atoms with Gasteiger partial charge in [-0.05, 0) is 35.9 Å². The van der Waals surface area contributed by atoms with E-state index in [9.17, 15) is 19.7 Å². The summed E-state index contributed by atoms with van der Waals surface area (Å²) >= 11 is 0. The van der Waals surface area contributed by atoms with Crippen LogP contribution in [0.4, 0.5) is 5.69 Å². The lowest BCUT2D eigenvalue weighted by Crippen LogP contribution is -2.05. The number of nitro groups is 1. The summed E-state index contributed by atoms with van der Waals surface area (Å²) in [6, 6.07) is 12.1. The van der Waals surface area contributed by atoms with Gasteiger partial charge in [0.25, 0.3) is 5.69 Å². The Morgan fingerprint density at radius 2 is 1.96 bits per heavy atom. The van der Waals surface area contributed by atoms with Crippen molar-refractivity contribution in [3.05, 3.63) is 75.5 Å². The van der Waals surface area contributed by atoms with Gasteiger partial charge < -0.3 is 9.47 Å². The monoisotopic (exact) mass is 352 g/mol. The average molecular weight is 352 g/mol. The van der Waals surface area contributed by atoms with Crippen LogP contribution in [0.3, 0.4) is 0 Å². The maximum absolute atomic E-state index is 12.0. The predicted octanol–water partition coefficient (Wildman–Crippen LogP) is 2.86. The van der Waals surface area contributed by atoms with E-state index < -0.39 is 16.9 Å². The van der Waals surface area contributed by atoms with Crippen LogP contribution in [0, 0.1) is 10.1 Å². The minimum absolute atomic E-state index is 0.0623. The van der Waals surface area contributed by atoms with Crippen LogP contribution in [-0.4, -0.2) is 22.8 Å².